The fourth-order valence-corrected chi connectivity index (χ4v) is 2.49. The van der Waals surface area contributed by atoms with Gasteiger partial charge in [0, 0.05) is 17.5 Å². The minimum Gasteiger partial charge on any atom is -0.267 e. The smallest absolute Gasteiger partial charge is 0.267 e. The summed E-state index contributed by atoms with van der Waals surface area (Å²) in [6.07, 6.45) is 0. The fourth-order valence-electron chi connectivity index (χ4n) is 2.29. The van der Waals surface area contributed by atoms with Gasteiger partial charge in [-0.25, -0.2) is 0 Å². The number of aromatic nitrogens is 2. The molecule has 0 radical (unpaired) electrons. The molecule has 0 saturated heterocycles. The van der Waals surface area contributed by atoms with Crippen LogP contribution in [0.4, 0.5) is 5.69 Å². The Morgan fingerprint density at radius 2 is 1.86 bits per heavy atom. The first kappa shape index (κ1) is 14.2. The van der Waals surface area contributed by atoms with Crippen LogP contribution in [0.3, 0.4) is 0 Å². The number of nitro groups is 1. The molecular weight excluding hydrogens is 306 g/mol. The van der Waals surface area contributed by atoms with Gasteiger partial charge in [-0.15, -0.1) is 0 Å². The number of nitro benzene ring substituents is 1. The van der Waals surface area contributed by atoms with Gasteiger partial charge < -0.3 is 0 Å². The third-order valence-corrected chi connectivity index (χ3v) is 3.68. The van der Waals surface area contributed by atoms with Gasteiger partial charge in [0.05, 0.1) is 26.7 Å². The summed E-state index contributed by atoms with van der Waals surface area (Å²) in [6, 6.07) is 11.0. The lowest BCUT2D eigenvalue weighted by Crippen LogP contribution is -2.22. The molecule has 0 aliphatic carbocycles. The normalized spacial score (nSPS) is 10.8. The number of halogens is 1. The van der Waals surface area contributed by atoms with Crippen LogP contribution < -0.4 is 5.56 Å². The molecule has 0 atom stereocenters. The Morgan fingerprint density at radius 3 is 2.55 bits per heavy atom. The number of rotatable bonds is 2. The molecule has 0 amide bonds. The average molecular weight is 316 g/mol. The zero-order chi connectivity index (χ0) is 15.9. The van der Waals surface area contributed by atoms with E-state index in [4.69, 9.17) is 11.6 Å². The number of fused-ring (bicyclic) bond motifs is 1. The second-order valence-electron chi connectivity index (χ2n) is 4.74. The average Bonchev–Trinajstić information content (AvgIpc) is 2.51. The summed E-state index contributed by atoms with van der Waals surface area (Å²) in [5.74, 6) is 0. The third kappa shape index (κ3) is 2.23. The molecule has 0 saturated carbocycles. The molecule has 0 bridgehead atoms. The monoisotopic (exact) mass is 315 g/mol. The van der Waals surface area contributed by atoms with E-state index in [2.05, 4.69) is 5.10 Å². The SMILES string of the molecule is Cc1nn(-c2cc([N+](=O)[O-])ccc2Cl)c(=O)c2ccccc12. The summed E-state index contributed by atoms with van der Waals surface area (Å²) >= 11 is 6.09. The predicted molar refractivity (Wildman–Crippen MR) is 83.7 cm³/mol. The summed E-state index contributed by atoms with van der Waals surface area (Å²) < 4.78 is 1.10. The second-order valence-corrected chi connectivity index (χ2v) is 5.15. The molecule has 7 heteroatoms. The highest BCUT2D eigenvalue weighted by Gasteiger charge is 2.15. The molecule has 0 unspecified atom stereocenters. The van der Waals surface area contributed by atoms with E-state index in [1.807, 2.05) is 6.07 Å². The van der Waals surface area contributed by atoms with Gasteiger partial charge in [0.15, 0.2) is 0 Å². The van der Waals surface area contributed by atoms with Gasteiger partial charge >= 0.3 is 0 Å². The molecule has 0 N–H and O–H groups in total. The van der Waals surface area contributed by atoms with E-state index in [1.165, 1.54) is 18.2 Å². The van der Waals surface area contributed by atoms with Crippen LogP contribution >= 0.6 is 11.6 Å². The lowest BCUT2D eigenvalue weighted by molar-refractivity contribution is -0.384. The minimum absolute atomic E-state index is 0.154. The van der Waals surface area contributed by atoms with E-state index in [0.717, 1.165) is 10.1 Å². The molecule has 110 valence electrons. The van der Waals surface area contributed by atoms with Crippen LogP contribution in [0.2, 0.25) is 5.02 Å². The van der Waals surface area contributed by atoms with E-state index >= 15 is 0 Å². The molecule has 3 aromatic rings. The lowest BCUT2D eigenvalue weighted by Gasteiger charge is -2.10. The summed E-state index contributed by atoms with van der Waals surface area (Å²) in [7, 11) is 0. The van der Waals surface area contributed by atoms with E-state index in [1.54, 1.807) is 25.1 Å². The molecule has 0 fully saturated rings. The van der Waals surface area contributed by atoms with E-state index in [-0.39, 0.29) is 22.0 Å². The number of aryl methyl sites for hydroxylation is 1. The van der Waals surface area contributed by atoms with Gasteiger partial charge in [-0.05, 0) is 19.1 Å². The number of hydrogen-bond acceptors (Lipinski definition) is 4. The van der Waals surface area contributed by atoms with Crippen LogP contribution in [0.25, 0.3) is 16.5 Å². The zero-order valence-electron chi connectivity index (χ0n) is 11.5. The molecule has 0 spiro atoms. The van der Waals surface area contributed by atoms with Crippen molar-refractivity contribution in [2.75, 3.05) is 0 Å². The fraction of sp³-hybridized carbons (Fsp3) is 0.0667. The molecule has 3 rings (SSSR count). The molecule has 6 nitrogen and oxygen atoms in total. The highest BCUT2D eigenvalue weighted by atomic mass is 35.5. The van der Waals surface area contributed by atoms with Crippen molar-refractivity contribution in [3.63, 3.8) is 0 Å². The first-order chi connectivity index (χ1) is 10.5. The standard InChI is InChI=1S/C15H10ClN3O3/c1-9-11-4-2-3-5-12(11)15(20)18(17-9)14-8-10(19(21)22)6-7-13(14)16/h2-8H,1H3. The number of hydrogen-bond donors (Lipinski definition) is 0. The molecule has 2 aromatic carbocycles. The van der Waals surface area contributed by atoms with E-state index in [0.29, 0.717) is 11.1 Å². The summed E-state index contributed by atoms with van der Waals surface area (Å²) in [5, 5.41) is 16.6. The number of benzene rings is 2. The van der Waals surface area contributed by atoms with Crippen LogP contribution in [0.1, 0.15) is 5.69 Å². The van der Waals surface area contributed by atoms with Gasteiger partial charge in [0.25, 0.3) is 11.2 Å². The van der Waals surface area contributed by atoms with Gasteiger partial charge in [-0.2, -0.15) is 9.78 Å². The van der Waals surface area contributed by atoms with Crippen molar-refractivity contribution >= 4 is 28.1 Å². The highest BCUT2D eigenvalue weighted by Crippen LogP contribution is 2.25. The Bertz CT molecular complexity index is 966. The number of non-ortho nitro benzene ring substituents is 1. The van der Waals surface area contributed by atoms with Crippen LogP contribution in [-0.4, -0.2) is 14.7 Å². The lowest BCUT2D eigenvalue weighted by atomic mass is 10.1. The first-order valence-corrected chi connectivity index (χ1v) is 6.80. The van der Waals surface area contributed by atoms with Crippen LogP contribution in [0, 0.1) is 17.0 Å². The van der Waals surface area contributed by atoms with Gasteiger partial charge in [-0.1, -0.05) is 29.8 Å². The van der Waals surface area contributed by atoms with E-state index < -0.39 is 4.92 Å². The minimum atomic E-state index is -0.543. The van der Waals surface area contributed by atoms with Crippen molar-refractivity contribution in [2.45, 2.75) is 6.92 Å². The predicted octanol–water partition coefficient (Wildman–Crippen LogP) is 3.26. The Hall–Kier alpha value is -2.73. The van der Waals surface area contributed by atoms with Gasteiger partial charge in [0.2, 0.25) is 0 Å². The summed E-state index contributed by atoms with van der Waals surface area (Å²) in [6.45, 7) is 1.77. The molecule has 22 heavy (non-hydrogen) atoms. The molecule has 0 aliphatic rings. The van der Waals surface area contributed by atoms with Gasteiger partial charge in [-0.3, -0.25) is 14.9 Å². The maximum absolute atomic E-state index is 12.6. The van der Waals surface area contributed by atoms with Crippen molar-refractivity contribution in [3.05, 3.63) is 73.6 Å². The van der Waals surface area contributed by atoms with Gasteiger partial charge in [0.1, 0.15) is 0 Å². The largest absolute Gasteiger partial charge is 0.279 e. The summed E-state index contributed by atoms with van der Waals surface area (Å²) in [4.78, 5) is 23.0. The van der Waals surface area contributed by atoms with Crippen molar-refractivity contribution < 1.29 is 4.92 Å². The Kier molecular flexibility index (Phi) is 3.38. The zero-order valence-corrected chi connectivity index (χ0v) is 12.2. The topological polar surface area (TPSA) is 78.0 Å². The summed E-state index contributed by atoms with van der Waals surface area (Å²) in [5.41, 5.74) is 0.301. The van der Waals surface area contributed by atoms with Crippen molar-refractivity contribution in [1.29, 1.82) is 0 Å². The van der Waals surface area contributed by atoms with Crippen molar-refractivity contribution in [3.8, 4) is 5.69 Å². The van der Waals surface area contributed by atoms with Crippen LogP contribution in [0.5, 0.6) is 0 Å². The molecule has 0 aliphatic heterocycles. The van der Waals surface area contributed by atoms with E-state index in [9.17, 15) is 14.9 Å². The molecular formula is C15H10ClN3O3. The maximum Gasteiger partial charge on any atom is 0.279 e. The first-order valence-electron chi connectivity index (χ1n) is 6.42. The van der Waals surface area contributed by atoms with Crippen molar-refractivity contribution in [2.24, 2.45) is 0 Å². The van der Waals surface area contributed by atoms with Crippen LogP contribution in [-0.2, 0) is 0 Å². The third-order valence-electron chi connectivity index (χ3n) is 3.36. The Balaban J connectivity index is 2.36. The van der Waals surface area contributed by atoms with Crippen molar-refractivity contribution in [1.82, 2.24) is 9.78 Å². The number of nitrogens with zero attached hydrogens (tertiary/aromatic N) is 3. The van der Waals surface area contributed by atoms with Crippen LogP contribution in [0.15, 0.2) is 47.3 Å². The maximum atomic E-state index is 12.6. The Labute approximate surface area is 129 Å². The Morgan fingerprint density at radius 1 is 1.18 bits per heavy atom. The molecule has 1 aromatic heterocycles. The second kappa shape index (κ2) is 5.23. The quantitative estimate of drug-likeness (QED) is 0.537. The highest BCUT2D eigenvalue weighted by molar-refractivity contribution is 6.32. The molecule has 1 heterocycles.